The number of carbonyl (C=O) groups is 1. The van der Waals surface area contributed by atoms with Crippen LogP contribution in [0.5, 0.6) is 0 Å². The number of anilines is 1. The van der Waals surface area contributed by atoms with Crippen molar-refractivity contribution >= 4 is 17.6 Å². The maximum atomic E-state index is 12.1. The van der Waals surface area contributed by atoms with Gasteiger partial charge in [-0.15, -0.1) is 6.58 Å². The molecule has 2 aliphatic rings. The fourth-order valence-electron chi connectivity index (χ4n) is 2.73. The molecule has 122 valence electrons. The Hall–Kier alpha value is -2.57. The summed E-state index contributed by atoms with van der Waals surface area (Å²) in [5.74, 6) is 0.657. The zero-order valence-corrected chi connectivity index (χ0v) is 13.4. The molecule has 1 amide bonds. The minimum absolute atomic E-state index is 0.283. The van der Waals surface area contributed by atoms with Crippen molar-refractivity contribution in [1.29, 1.82) is 0 Å². The van der Waals surface area contributed by atoms with E-state index < -0.39 is 0 Å². The van der Waals surface area contributed by atoms with E-state index in [4.69, 9.17) is 5.10 Å². The molecule has 0 radical (unpaired) electrons. The fourth-order valence-corrected chi connectivity index (χ4v) is 2.73. The summed E-state index contributed by atoms with van der Waals surface area (Å²) in [6, 6.07) is -0.283. The molecule has 0 fully saturated rings. The molecule has 3 rings (SSSR count). The minimum Gasteiger partial charge on any atom is -0.345 e. The maximum Gasteiger partial charge on any atom is 0.344 e. The number of hydrazone groups is 1. The second-order valence-corrected chi connectivity index (χ2v) is 5.65. The van der Waals surface area contributed by atoms with E-state index >= 15 is 0 Å². The van der Waals surface area contributed by atoms with Crippen molar-refractivity contribution in [3.05, 3.63) is 36.2 Å². The van der Waals surface area contributed by atoms with Crippen LogP contribution in [0.2, 0.25) is 0 Å². The topological polar surface area (TPSA) is 74.6 Å². The van der Waals surface area contributed by atoms with E-state index in [1.54, 1.807) is 12.3 Å². The Labute approximate surface area is 135 Å². The first kappa shape index (κ1) is 15.3. The number of nitrogens with one attached hydrogen (secondary N) is 2. The van der Waals surface area contributed by atoms with E-state index in [-0.39, 0.29) is 6.03 Å². The summed E-state index contributed by atoms with van der Waals surface area (Å²) in [7, 11) is 0. The molecule has 2 N–H and O–H groups in total. The van der Waals surface area contributed by atoms with Crippen LogP contribution in [-0.4, -0.2) is 46.2 Å². The zero-order valence-electron chi connectivity index (χ0n) is 13.4. The van der Waals surface area contributed by atoms with Gasteiger partial charge in [0.2, 0.25) is 0 Å². The first-order valence-electron chi connectivity index (χ1n) is 8.01. The third kappa shape index (κ3) is 2.99. The lowest BCUT2D eigenvalue weighted by molar-refractivity contribution is 0.241. The van der Waals surface area contributed by atoms with Crippen molar-refractivity contribution in [2.45, 2.75) is 26.2 Å². The number of hydrogen-bond donors (Lipinski definition) is 2. The van der Waals surface area contributed by atoms with E-state index in [1.165, 1.54) is 17.5 Å². The number of aromatic nitrogens is 2. The normalized spacial score (nSPS) is 15.3. The first-order valence-corrected chi connectivity index (χ1v) is 8.01. The Bertz CT molecular complexity index is 672. The molecule has 7 nitrogen and oxygen atoms in total. The largest absolute Gasteiger partial charge is 0.345 e. The highest BCUT2D eigenvalue weighted by Crippen LogP contribution is 2.28. The molecule has 23 heavy (non-hydrogen) atoms. The number of hydrogen-bond acceptors (Lipinski definition) is 5. The van der Waals surface area contributed by atoms with Crippen LogP contribution in [0.4, 0.5) is 10.6 Å². The molecule has 0 spiro atoms. The second-order valence-electron chi connectivity index (χ2n) is 5.65. The molecular weight excluding hydrogens is 292 g/mol. The van der Waals surface area contributed by atoms with Gasteiger partial charge in [0.05, 0.1) is 18.3 Å². The summed E-state index contributed by atoms with van der Waals surface area (Å²) in [5.41, 5.74) is 2.92. The molecule has 0 aliphatic carbocycles. The van der Waals surface area contributed by atoms with Gasteiger partial charge in [-0.2, -0.15) is 14.9 Å². The van der Waals surface area contributed by atoms with Crippen LogP contribution in [0.15, 0.2) is 35.7 Å². The summed E-state index contributed by atoms with van der Waals surface area (Å²) in [6.45, 7) is 7.95. The summed E-state index contributed by atoms with van der Waals surface area (Å²) < 4.78 is 1.33. The van der Waals surface area contributed by atoms with Gasteiger partial charge in [-0.05, 0) is 6.42 Å². The zero-order chi connectivity index (χ0) is 16.2. The van der Waals surface area contributed by atoms with Crippen LogP contribution in [0.25, 0.3) is 0 Å². The van der Waals surface area contributed by atoms with Crippen LogP contribution >= 0.6 is 0 Å². The molecule has 1 aromatic heterocycles. The lowest BCUT2D eigenvalue weighted by Gasteiger charge is -2.14. The van der Waals surface area contributed by atoms with Gasteiger partial charge < -0.3 is 10.6 Å². The molecular formula is C16H22N6O. The van der Waals surface area contributed by atoms with Crippen molar-refractivity contribution in [1.82, 2.24) is 20.1 Å². The Morgan fingerprint density at radius 3 is 3.17 bits per heavy atom. The van der Waals surface area contributed by atoms with Crippen molar-refractivity contribution in [3.8, 4) is 0 Å². The van der Waals surface area contributed by atoms with Crippen LogP contribution in [0.1, 0.15) is 31.7 Å². The molecule has 0 atom stereocenters. The van der Waals surface area contributed by atoms with Crippen LogP contribution in [0, 0.1) is 0 Å². The molecule has 2 aliphatic heterocycles. The number of rotatable bonds is 6. The molecule has 0 saturated carbocycles. The minimum atomic E-state index is -0.283. The molecule has 1 aromatic rings. The van der Waals surface area contributed by atoms with E-state index in [0.29, 0.717) is 12.4 Å². The number of carbonyl (C=O) groups excluding carboxylic acids is 1. The van der Waals surface area contributed by atoms with Crippen LogP contribution in [0.3, 0.4) is 0 Å². The molecule has 7 heteroatoms. The third-order valence-electron chi connectivity index (χ3n) is 3.92. The highest BCUT2D eigenvalue weighted by atomic mass is 16.2. The number of fused-ring (bicyclic) bond motifs is 3. The van der Waals surface area contributed by atoms with Gasteiger partial charge in [-0.3, -0.25) is 5.01 Å². The van der Waals surface area contributed by atoms with Crippen LogP contribution < -0.4 is 10.6 Å². The molecule has 3 heterocycles. The Morgan fingerprint density at radius 1 is 1.52 bits per heavy atom. The lowest BCUT2D eigenvalue weighted by atomic mass is 10.0. The number of unbranched alkanes of at least 4 members (excludes halogenated alkanes) is 2. The lowest BCUT2D eigenvalue weighted by Crippen LogP contribution is -2.30. The monoisotopic (exact) mass is 314 g/mol. The van der Waals surface area contributed by atoms with E-state index in [2.05, 4.69) is 34.2 Å². The average Bonchev–Trinajstić information content (AvgIpc) is 3.15. The quantitative estimate of drug-likeness (QED) is 0.623. The van der Waals surface area contributed by atoms with Crippen molar-refractivity contribution < 1.29 is 4.79 Å². The SMILES string of the molecule is C=CCNC(=O)n1ncc2c1NC=C1CN(CCCCC)N=C12. The molecule has 0 unspecified atom stereocenters. The first-order chi connectivity index (χ1) is 11.2. The van der Waals surface area contributed by atoms with Gasteiger partial charge in [0.1, 0.15) is 11.5 Å². The Kier molecular flexibility index (Phi) is 4.45. The molecule has 0 aromatic carbocycles. The van der Waals surface area contributed by atoms with Gasteiger partial charge in [0, 0.05) is 24.9 Å². The summed E-state index contributed by atoms with van der Waals surface area (Å²) in [6.07, 6.45) is 8.80. The highest BCUT2D eigenvalue weighted by molar-refractivity contribution is 6.18. The Morgan fingerprint density at radius 2 is 2.39 bits per heavy atom. The average molecular weight is 314 g/mol. The third-order valence-corrected chi connectivity index (χ3v) is 3.92. The Balaban J connectivity index is 1.77. The highest BCUT2D eigenvalue weighted by Gasteiger charge is 2.30. The van der Waals surface area contributed by atoms with Crippen LogP contribution in [-0.2, 0) is 0 Å². The van der Waals surface area contributed by atoms with E-state index in [1.807, 2.05) is 6.20 Å². The van der Waals surface area contributed by atoms with Gasteiger partial charge in [-0.1, -0.05) is 25.8 Å². The summed E-state index contributed by atoms with van der Waals surface area (Å²) in [5, 5.41) is 16.9. The maximum absolute atomic E-state index is 12.1. The van der Waals surface area contributed by atoms with E-state index in [0.717, 1.165) is 36.4 Å². The molecule has 0 bridgehead atoms. The number of nitrogens with zero attached hydrogens (tertiary/aromatic N) is 4. The van der Waals surface area contributed by atoms with Crippen molar-refractivity contribution in [2.24, 2.45) is 5.10 Å². The number of amides is 1. The fraction of sp³-hybridized carbons (Fsp3) is 0.438. The van der Waals surface area contributed by atoms with Gasteiger partial charge in [-0.25, -0.2) is 4.79 Å². The molecule has 0 saturated heterocycles. The van der Waals surface area contributed by atoms with E-state index in [9.17, 15) is 4.79 Å². The van der Waals surface area contributed by atoms with Crippen molar-refractivity contribution in [3.63, 3.8) is 0 Å². The second kappa shape index (κ2) is 6.68. The van der Waals surface area contributed by atoms with Gasteiger partial charge in [0.25, 0.3) is 0 Å². The van der Waals surface area contributed by atoms with Crippen molar-refractivity contribution in [2.75, 3.05) is 25.0 Å². The van der Waals surface area contributed by atoms with Gasteiger partial charge >= 0.3 is 6.03 Å². The predicted octanol–water partition coefficient (Wildman–Crippen LogP) is 2.15. The standard InChI is InChI=1S/C16H22N6O/c1-3-5-6-8-21-11-12-9-18-15-13(14(12)20-21)10-19-22(15)16(23)17-7-4-2/h4,9-10,18H,2-3,5-8,11H2,1H3,(H,17,23). The summed E-state index contributed by atoms with van der Waals surface area (Å²) >= 11 is 0. The predicted molar refractivity (Wildman–Crippen MR) is 90.6 cm³/mol. The van der Waals surface area contributed by atoms with Gasteiger partial charge in [0.15, 0.2) is 0 Å². The summed E-state index contributed by atoms with van der Waals surface area (Å²) in [4.78, 5) is 12.1. The smallest absolute Gasteiger partial charge is 0.344 e.